The SMILES string of the molecule is C.CC.CC.CC.CC.CC.CC.CC.CC.CCOc1cc[nH]c(=O)c1.CCOc1ccn(-c2ccc(F)nc2)c(=O)c1.CCOc1ccn(-c2ccc(N)nc2)c(=O)c1.F.I.Nc1ccc(Br)cn1.[2HH].[CH2-]CN([CH2-])c1ccc(-n2ccc(OCC)cc2=O)cn1.[CH2-]CN[CH2-].[HH].[Y].[Y].c1ccncc1.c1ccncc1.c1ccncc1.c1ccncc1. The molecule has 12 aromatic heterocycles. The Morgan fingerprint density at radius 3 is 0.950 bits per heavy atom. The molecular weight excluding hydrogens is 1870 g/mol. The maximum Gasteiger partial charge on any atom is 0.258 e. The van der Waals surface area contributed by atoms with Crippen molar-refractivity contribution in [2.75, 3.05) is 55.9 Å². The molecule has 0 amide bonds. The molecule has 12 heterocycles. The number of hydrogen-bond acceptors (Lipinski definition) is 20. The van der Waals surface area contributed by atoms with E-state index in [1.54, 1.807) is 146 Å². The average Bonchev–Trinajstić information content (AvgIpc) is 0.839. The minimum atomic E-state index is -0.576. The quantitative estimate of drug-likeness (QED) is 0.0446. The number of H-pyrrole nitrogens is 1. The Hall–Kier alpha value is -9.16. The zero-order valence-corrected chi connectivity index (χ0v) is 83.6. The molecule has 0 spiro atoms. The van der Waals surface area contributed by atoms with E-state index < -0.39 is 5.95 Å². The number of pyridine rings is 12. The number of rotatable bonds is 14. The average molecular weight is 2010 g/mol. The van der Waals surface area contributed by atoms with E-state index in [1.807, 2.05) is 223 Å². The largest absolute Gasteiger partial charge is 0.535 e. The summed E-state index contributed by atoms with van der Waals surface area (Å²) in [6.07, 6.45) is 26.6. The van der Waals surface area contributed by atoms with E-state index in [9.17, 15) is 23.6 Å². The van der Waals surface area contributed by atoms with Gasteiger partial charge in [0.05, 0.1) is 67.9 Å². The predicted molar refractivity (Wildman–Crippen MR) is 515 cm³/mol. The number of nitrogens with two attached hydrogens (primary N) is 2. The summed E-state index contributed by atoms with van der Waals surface area (Å²) in [5.41, 5.74) is 12.0. The third kappa shape index (κ3) is 72.2. The zero-order chi connectivity index (χ0) is 88.8. The van der Waals surface area contributed by atoms with Crippen molar-refractivity contribution in [1.29, 1.82) is 0 Å². The van der Waals surface area contributed by atoms with E-state index in [0.29, 0.717) is 97.0 Å². The molecule has 0 saturated carbocycles. The number of halogens is 4. The number of nitrogen functional groups attached to an aromatic ring is 2. The van der Waals surface area contributed by atoms with Gasteiger partial charge in [-0.25, -0.2) is 19.9 Å². The summed E-state index contributed by atoms with van der Waals surface area (Å²) in [6, 6.07) is 48.7. The number of aromatic amines is 1. The molecule has 121 heavy (non-hydrogen) atoms. The molecule has 670 valence electrons. The van der Waals surface area contributed by atoms with Gasteiger partial charge in [-0.2, -0.15) is 10.9 Å². The first-order valence-electron chi connectivity index (χ1n) is 38.7. The van der Waals surface area contributed by atoms with Crippen LogP contribution in [-0.2, 0) is 65.4 Å². The van der Waals surface area contributed by atoms with Crippen LogP contribution in [0.4, 0.5) is 26.5 Å². The molecule has 0 aliphatic carbocycles. The van der Waals surface area contributed by atoms with E-state index in [4.69, 9.17) is 30.4 Å². The van der Waals surface area contributed by atoms with E-state index in [-0.39, 0.29) is 127 Å². The van der Waals surface area contributed by atoms with Crippen molar-refractivity contribution in [2.45, 2.75) is 146 Å². The summed E-state index contributed by atoms with van der Waals surface area (Å²) in [6.45, 7) is 50.0. The van der Waals surface area contributed by atoms with Gasteiger partial charge in [-0.05, 0) is 165 Å². The van der Waals surface area contributed by atoms with Crippen LogP contribution in [-0.4, -0.2) is 98.1 Å². The van der Waals surface area contributed by atoms with Crippen LogP contribution in [0.3, 0.4) is 0 Å². The fraction of sp³-hybridized carbons (Fsp3) is 0.297. The topological polar surface area (TPSA) is 306 Å². The van der Waals surface area contributed by atoms with Crippen LogP contribution >= 0.6 is 39.9 Å². The molecule has 0 saturated heterocycles. The smallest absolute Gasteiger partial charge is 0.258 e. The molecular formula is C91H140BrF2IN16O8Y2-4. The third-order valence-electron chi connectivity index (χ3n) is 11.5. The first-order chi connectivity index (χ1) is 56.6. The predicted octanol–water partition coefficient (Wildman–Crippen LogP) is 21.9. The van der Waals surface area contributed by atoms with Crippen molar-refractivity contribution >= 4 is 57.4 Å². The second-order valence-corrected chi connectivity index (χ2v) is 19.7. The van der Waals surface area contributed by atoms with Crippen LogP contribution in [0.5, 0.6) is 23.0 Å². The number of nitrogens with one attached hydrogen (secondary N) is 2. The molecule has 12 aromatic rings. The number of hydrogen-bond donors (Lipinski definition) is 4. The fourth-order valence-corrected chi connectivity index (χ4v) is 7.22. The number of aromatic nitrogens is 12. The molecule has 30 heteroatoms. The Labute approximate surface area is 800 Å². The van der Waals surface area contributed by atoms with Crippen LogP contribution in [0.2, 0.25) is 0 Å². The van der Waals surface area contributed by atoms with E-state index in [1.165, 1.54) is 56.3 Å². The van der Waals surface area contributed by atoms with E-state index >= 15 is 0 Å². The minimum Gasteiger partial charge on any atom is -0.535 e. The Bertz CT molecular complexity index is 3940. The summed E-state index contributed by atoms with van der Waals surface area (Å²) in [5.74, 6) is 3.38. The van der Waals surface area contributed by atoms with Crippen molar-refractivity contribution in [3.8, 4) is 40.1 Å². The van der Waals surface area contributed by atoms with Gasteiger partial charge >= 0.3 is 0 Å². The first kappa shape index (κ1) is 135. The molecule has 0 unspecified atom stereocenters. The molecule has 0 aromatic carbocycles. The normalized spacial score (nSPS) is 8.18. The van der Waals surface area contributed by atoms with Crippen molar-refractivity contribution < 1.29 is 96.3 Å². The molecule has 2 radical (unpaired) electrons. The molecule has 0 aliphatic rings. The molecule has 0 fully saturated rings. The Morgan fingerprint density at radius 2 is 0.744 bits per heavy atom. The second-order valence-electron chi connectivity index (χ2n) is 18.8. The van der Waals surface area contributed by atoms with Crippen LogP contribution in [0.25, 0.3) is 17.1 Å². The van der Waals surface area contributed by atoms with E-state index in [0.717, 1.165) is 4.47 Å². The van der Waals surface area contributed by atoms with Gasteiger partial charge in [0.2, 0.25) is 5.95 Å². The Kier molecular flexibility index (Phi) is 113. The first-order valence-corrected chi connectivity index (χ1v) is 39.5. The summed E-state index contributed by atoms with van der Waals surface area (Å²) in [5, 5.41) is 2.57. The van der Waals surface area contributed by atoms with E-state index in [2.05, 4.69) is 94.0 Å². The summed E-state index contributed by atoms with van der Waals surface area (Å²) in [4.78, 5) is 81.0. The molecule has 0 bridgehead atoms. The van der Waals surface area contributed by atoms with Crippen LogP contribution in [0.1, 0.15) is 149 Å². The molecule has 0 aliphatic heterocycles. The summed E-state index contributed by atoms with van der Waals surface area (Å²) in [7, 11) is 7.09. The maximum absolute atomic E-state index is 12.6. The molecule has 6 N–H and O–H groups in total. The number of anilines is 3. The van der Waals surface area contributed by atoms with Crippen molar-refractivity contribution in [3.05, 3.63) is 349 Å². The van der Waals surface area contributed by atoms with Crippen LogP contribution in [0, 0.1) is 33.9 Å². The van der Waals surface area contributed by atoms with Gasteiger partial charge in [-0.3, -0.25) is 71.6 Å². The van der Waals surface area contributed by atoms with Gasteiger partial charge in [0, 0.05) is 178 Å². The minimum absolute atomic E-state index is 0. The Morgan fingerprint density at radius 1 is 0.455 bits per heavy atom. The standard InChI is InChI=1S/C15H17N3O2.C12H11FN2O2.C12H13N3O2.C7H9NO2.C5H5BrN2.4C5H5N.C3H7N.8C2H6.CH4.FH.HI.2Y.2H2/c1-4-17(3)14-7-6-12(11-16-14)18-9-8-13(20-5-2)10-15(18)19;2*1-2-17-10-5-6-15(12(16)7-10)9-3-4-11(13)14-8-9;1-2-10-6-3-4-8-7(9)5-6;6-4-1-2-5(7)8-3-4;4*1-2-4-6-5-3-1;1-3-4-2;8*1-2;;;;;;;/h6-11H,1,3-5H2,2H3;3-8H,2H2,1H3;3-8H,2H2,1H3,(H2,13,14);3-5H,2H2,1H3,(H,8,9);1-3H,(H2,7,8);4*1-5H;4H,1-3H2;8*1-2H3;1H4;2*1H;;;2*1H/q-2;;;;;;;;;-2;;;;;;;;;;;;;;;/i;;;;;;;;;;;;;;;;;;;;;;;1+1;. The Balaban J connectivity index is -0.0000000998. The van der Waals surface area contributed by atoms with Gasteiger partial charge in [0.25, 0.3) is 22.2 Å². The van der Waals surface area contributed by atoms with Gasteiger partial charge in [0.1, 0.15) is 34.6 Å². The molecule has 0 atom stereocenters. The van der Waals surface area contributed by atoms with Gasteiger partial charge in [-0.15, -0.1) is 30.5 Å². The summed E-state index contributed by atoms with van der Waals surface area (Å²) < 4.78 is 38.8. The monoisotopic (exact) mass is 2010 g/mol. The second kappa shape index (κ2) is 101. The number of ether oxygens (including phenoxy) is 4. The summed E-state index contributed by atoms with van der Waals surface area (Å²) >= 11 is 3.23. The van der Waals surface area contributed by atoms with Gasteiger partial charge in [0.15, 0.2) is 0 Å². The number of nitrogens with zero attached hydrogens (tertiary/aromatic N) is 12. The maximum atomic E-state index is 12.6. The molecule has 12 rings (SSSR count). The zero-order valence-electron chi connectivity index (χ0n) is 74.0. The van der Waals surface area contributed by atoms with Crippen molar-refractivity contribution in [2.24, 2.45) is 0 Å². The van der Waals surface area contributed by atoms with Crippen LogP contribution < -0.4 is 62.9 Å². The van der Waals surface area contributed by atoms with Gasteiger partial charge < -0.3 is 59.5 Å². The van der Waals surface area contributed by atoms with Gasteiger partial charge in [-0.1, -0.05) is 142 Å². The molecule has 24 nitrogen and oxygen atoms in total. The third-order valence-corrected chi connectivity index (χ3v) is 12.0. The van der Waals surface area contributed by atoms with Crippen molar-refractivity contribution in [1.82, 2.24) is 63.9 Å². The fourth-order valence-electron chi connectivity index (χ4n) is 6.98. The van der Waals surface area contributed by atoms with Crippen molar-refractivity contribution in [3.63, 3.8) is 0 Å². The van der Waals surface area contributed by atoms with Crippen LogP contribution in [0.15, 0.2) is 293 Å².